The number of fused-ring (bicyclic) bond motifs is 2. The molecule has 1 aliphatic rings. The molecule has 0 saturated heterocycles. The standard InChI is InChI=1S/C20H20N2O5S/c1-4-22-18-14(24-2)7-8-15(25-3)19(18)28-20(22)21-17(23)10-12-5-6-13-16(9-12)27-11-26-13/h5-9H,4,10-11H2,1-3H3. The van der Waals surface area contributed by atoms with E-state index in [1.54, 1.807) is 14.2 Å². The van der Waals surface area contributed by atoms with Gasteiger partial charge >= 0.3 is 0 Å². The van der Waals surface area contributed by atoms with Gasteiger partial charge in [0.2, 0.25) is 6.79 Å². The maximum absolute atomic E-state index is 12.6. The predicted molar refractivity (Wildman–Crippen MR) is 105 cm³/mol. The predicted octanol–water partition coefficient (Wildman–Crippen LogP) is 3.14. The Labute approximate surface area is 165 Å². The average Bonchev–Trinajstić information content (AvgIpc) is 3.30. The van der Waals surface area contributed by atoms with Crippen molar-refractivity contribution < 1.29 is 23.7 Å². The highest BCUT2D eigenvalue weighted by molar-refractivity contribution is 7.16. The molecule has 1 aliphatic heterocycles. The monoisotopic (exact) mass is 400 g/mol. The summed E-state index contributed by atoms with van der Waals surface area (Å²) in [5.41, 5.74) is 1.71. The van der Waals surface area contributed by atoms with Gasteiger partial charge in [-0.3, -0.25) is 4.79 Å². The van der Waals surface area contributed by atoms with E-state index in [-0.39, 0.29) is 19.1 Å². The highest BCUT2D eigenvalue weighted by Gasteiger charge is 2.17. The van der Waals surface area contributed by atoms with Crippen LogP contribution in [0.4, 0.5) is 0 Å². The second-order valence-electron chi connectivity index (χ2n) is 6.15. The van der Waals surface area contributed by atoms with Gasteiger partial charge in [-0.2, -0.15) is 4.99 Å². The van der Waals surface area contributed by atoms with Gasteiger partial charge in [0.1, 0.15) is 21.7 Å². The van der Waals surface area contributed by atoms with Crippen LogP contribution >= 0.6 is 11.3 Å². The first-order chi connectivity index (χ1) is 13.6. The third kappa shape index (κ3) is 3.20. The van der Waals surface area contributed by atoms with E-state index in [2.05, 4.69) is 4.99 Å². The fraction of sp³-hybridized carbons (Fsp3) is 0.300. The fourth-order valence-electron chi connectivity index (χ4n) is 3.20. The highest BCUT2D eigenvalue weighted by atomic mass is 32.1. The van der Waals surface area contributed by atoms with E-state index in [0.29, 0.717) is 22.8 Å². The first-order valence-electron chi connectivity index (χ1n) is 8.85. The molecular formula is C20H20N2O5S. The number of thiazole rings is 1. The minimum atomic E-state index is -0.231. The lowest BCUT2D eigenvalue weighted by atomic mass is 10.1. The van der Waals surface area contributed by atoms with Gasteiger partial charge in [0.05, 0.1) is 20.6 Å². The third-order valence-electron chi connectivity index (χ3n) is 4.52. The maximum Gasteiger partial charge on any atom is 0.252 e. The van der Waals surface area contributed by atoms with E-state index in [9.17, 15) is 4.79 Å². The molecule has 0 fully saturated rings. The molecule has 0 N–H and O–H groups in total. The van der Waals surface area contributed by atoms with Crippen molar-refractivity contribution >= 4 is 27.5 Å². The summed E-state index contributed by atoms with van der Waals surface area (Å²) >= 11 is 1.41. The average molecular weight is 400 g/mol. The number of ether oxygens (including phenoxy) is 4. The quantitative estimate of drug-likeness (QED) is 0.658. The zero-order valence-electron chi connectivity index (χ0n) is 15.9. The van der Waals surface area contributed by atoms with E-state index >= 15 is 0 Å². The molecule has 0 spiro atoms. The largest absolute Gasteiger partial charge is 0.495 e. The SMILES string of the molecule is CCn1c(=NC(=O)Cc2ccc3c(c2)OCO3)sc2c(OC)ccc(OC)c21. The van der Waals surface area contributed by atoms with Gasteiger partial charge in [-0.1, -0.05) is 17.4 Å². The second kappa shape index (κ2) is 7.55. The van der Waals surface area contributed by atoms with Gasteiger partial charge in [-0.15, -0.1) is 0 Å². The van der Waals surface area contributed by atoms with E-state index < -0.39 is 0 Å². The number of methoxy groups -OCH3 is 2. The van der Waals surface area contributed by atoms with Crippen LogP contribution in [0.25, 0.3) is 10.2 Å². The van der Waals surface area contributed by atoms with Crippen molar-refractivity contribution in [3.63, 3.8) is 0 Å². The van der Waals surface area contributed by atoms with E-state index in [0.717, 1.165) is 27.3 Å². The zero-order chi connectivity index (χ0) is 19.7. The number of benzene rings is 2. The topological polar surface area (TPSA) is 71.3 Å². The van der Waals surface area contributed by atoms with Crippen LogP contribution in [0.2, 0.25) is 0 Å². The normalized spacial score (nSPS) is 13.2. The molecule has 0 radical (unpaired) electrons. The number of aryl methyl sites for hydroxylation is 1. The summed E-state index contributed by atoms with van der Waals surface area (Å²) in [6.45, 7) is 2.87. The number of carbonyl (C=O) groups is 1. The van der Waals surface area contributed by atoms with E-state index in [1.807, 2.05) is 41.8 Å². The maximum atomic E-state index is 12.6. The smallest absolute Gasteiger partial charge is 0.252 e. The van der Waals surface area contributed by atoms with Crippen LogP contribution < -0.4 is 23.7 Å². The molecule has 2 aromatic carbocycles. The van der Waals surface area contributed by atoms with Gasteiger partial charge in [0.15, 0.2) is 16.3 Å². The van der Waals surface area contributed by atoms with Crippen molar-refractivity contribution in [2.24, 2.45) is 4.99 Å². The molecule has 0 unspecified atom stereocenters. The Hall–Kier alpha value is -3.00. The molecule has 146 valence electrons. The number of nitrogens with zero attached hydrogens (tertiary/aromatic N) is 2. The number of carbonyl (C=O) groups excluding carboxylic acids is 1. The summed E-state index contributed by atoms with van der Waals surface area (Å²) in [5.74, 6) is 2.57. The minimum absolute atomic E-state index is 0.183. The van der Waals surface area contributed by atoms with Gasteiger partial charge in [0, 0.05) is 6.54 Å². The Morgan fingerprint density at radius 3 is 2.64 bits per heavy atom. The number of hydrogen-bond donors (Lipinski definition) is 0. The van der Waals surface area contributed by atoms with Crippen molar-refractivity contribution in [3.05, 3.63) is 40.7 Å². The first-order valence-corrected chi connectivity index (χ1v) is 9.66. The zero-order valence-corrected chi connectivity index (χ0v) is 16.7. The number of amides is 1. The van der Waals surface area contributed by atoms with Crippen LogP contribution in [-0.2, 0) is 17.8 Å². The van der Waals surface area contributed by atoms with Crippen molar-refractivity contribution in [1.29, 1.82) is 0 Å². The van der Waals surface area contributed by atoms with Crippen LogP contribution in [0.3, 0.4) is 0 Å². The molecule has 1 amide bonds. The molecule has 0 saturated carbocycles. The molecule has 1 aromatic heterocycles. The van der Waals surface area contributed by atoms with Crippen molar-refractivity contribution in [3.8, 4) is 23.0 Å². The molecule has 8 heteroatoms. The van der Waals surface area contributed by atoms with Crippen LogP contribution in [0.15, 0.2) is 35.3 Å². The molecule has 7 nitrogen and oxygen atoms in total. The van der Waals surface area contributed by atoms with Crippen LogP contribution in [0, 0.1) is 0 Å². The van der Waals surface area contributed by atoms with Crippen molar-refractivity contribution in [1.82, 2.24) is 4.57 Å². The molecular weight excluding hydrogens is 380 g/mol. The summed E-state index contributed by atoms with van der Waals surface area (Å²) in [6.07, 6.45) is 0.183. The van der Waals surface area contributed by atoms with Gasteiger partial charge in [-0.05, 0) is 36.8 Å². The Morgan fingerprint density at radius 1 is 1.14 bits per heavy atom. The van der Waals surface area contributed by atoms with Crippen LogP contribution in [0.1, 0.15) is 12.5 Å². The minimum Gasteiger partial charge on any atom is -0.495 e. The van der Waals surface area contributed by atoms with Gasteiger partial charge in [0.25, 0.3) is 5.91 Å². The van der Waals surface area contributed by atoms with Crippen LogP contribution in [0.5, 0.6) is 23.0 Å². The number of aromatic nitrogens is 1. The Bertz CT molecular complexity index is 1120. The summed E-state index contributed by atoms with van der Waals surface area (Å²) in [5, 5.41) is 0. The van der Waals surface area contributed by atoms with Crippen molar-refractivity contribution in [2.75, 3.05) is 21.0 Å². The molecule has 0 aliphatic carbocycles. The highest BCUT2D eigenvalue weighted by Crippen LogP contribution is 2.35. The lowest BCUT2D eigenvalue weighted by Crippen LogP contribution is -2.16. The Kier molecular flexibility index (Phi) is 4.95. The number of rotatable bonds is 5. The van der Waals surface area contributed by atoms with E-state index in [4.69, 9.17) is 18.9 Å². The van der Waals surface area contributed by atoms with E-state index in [1.165, 1.54) is 11.3 Å². The molecule has 4 rings (SSSR count). The molecule has 3 aromatic rings. The van der Waals surface area contributed by atoms with Crippen LogP contribution in [-0.4, -0.2) is 31.5 Å². The molecule has 28 heavy (non-hydrogen) atoms. The Morgan fingerprint density at radius 2 is 1.89 bits per heavy atom. The third-order valence-corrected chi connectivity index (χ3v) is 5.61. The molecule has 2 heterocycles. The molecule has 0 atom stereocenters. The molecule has 0 bridgehead atoms. The van der Waals surface area contributed by atoms with Gasteiger partial charge in [-0.25, -0.2) is 0 Å². The summed E-state index contributed by atoms with van der Waals surface area (Å²) in [6, 6.07) is 9.20. The lowest BCUT2D eigenvalue weighted by molar-refractivity contribution is -0.117. The first kappa shape index (κ1) is 18.4. The summed E-state index contributed by atoms with van der Waals surface area (Å²) in [4.78, 5) is 17.6. The fourth-order valence-corrected chi connectivity index (χ4v) is 4.42. The van der Waals surface area contributed by atoms with Gasteiger partial charge < -0.3 is 23.5 Å². The summed E-state index contributed by atoms with van der Waals surface area (Å²) in [7, 11) is 3.25. The Balaban J connectivity index is 1.73. The second-order valence-corrected chi connectivity index (χ2v) is 7.12. The lowest BCUT2D eigenvalue weighted by Gasteiger charge is -2.08. The van der Waals surface area contributed by atoms with Crippen molar-refractivity contribution in [2.45, 2.75) is 19.9 Å². The number of hydrogen-bond acceptors (Lipinski definition) is 6. The summed E-state index contributed by atoms with van der Waals surface area (Å²) < 4.78 is 24.5.